The fraction of sp³-hybridized carbons (Fsp3) is 0.611. The van der Waals surface area contributed by atoms with Crippen LogP contribution in [0.1, 0.15) is 36.9 Å². The third kappa shape index (κ3) is 3.70. The van der Waals surface area contributed by atoms with Crippen molar-refractivity contribution < 1.29 is 8.42 Å². The van der Waals surface area contributed by atoms with Crippen molar-refractivity contribution in [2.45, 2.75) is 50.0 Å². The third-order valence-corrected chi connectivity index (χ3v) is 7.45. The van der Waals surface area contributed by atoms with Crippen LogP contribution in [0.4, 0.5) is 0 Å². The Kier molecular flexibility index (Phi) is 4.90. The summed E-state index contributed by atoms with van der Waals surface area (Å²) < 4.78 is 30.0. The minimum Gasteiger partial charge on any atom is -0.274 e. The number of aromatic nitrogens is 4. The maximum atomic E-state index is 12.7. The maximum absolute atomic E-state index is 12.7. The Morgan fingerprint density at radius 1 is 1.19 bits per heavy atom. The first-order valence-corrected chi connectivity index (χ1v) is 11.0. The molecule has 0 N–H and O–H groups in total. The molecule has 0 bridgehead atoms. The van der Waals surface area contributed by atoms with Crippen molar-refractivity contribution in [3.63, 3.8) is 0 Å². The van der Waals surface area contributed by atoms with Crippen molar-refractivity contribution in [2.75, 3.05) is 13.1 Å². The number of rotatable bonds is 4. The molecule has 0 spiro atoms. The van der Waals surface area contributed by atoms with Gasteiger partial charge in [0.25, 0.3) is 5.56 Å². The highest BCUT2D eigenvalue weighted by Gasteiger charge is 2.30. The molecule has 8 nitrogen and oxygen atoms in total. The monoisotopic (exact) mass is 391 g/mol. The molecule has 0 amide bonds. The smallest absolute Gasteiger partial charge is 0.267 e. The van der Waals surface area contributed by atoms with Crippen LogP contribution in [0.25, 0.3) is 0 Å². The Bertz CT molecular complexity index is 987. The van der Waals surface area contributed by atoms with Crippen LogP contribution >= 0.6 is 0 Å². The molecule has 1 aliphatic heterocycles. The normalized spacial score (nSPS) is 19.1. The van der Waals surface area contributed by atoms with Crippen molar-refractivity contribution in [1.82, 2.24) is 23.9 Å². The van der Waals surface area contributed by atoms with Crippen LogP contribution in [0, 0.1) is 5.92 Å². The molecule has 0 radical (unpaired) electrons. The molecule has 3 heterocycles. The van der Waals surface area contributed by atoms with E-state index in [1.807, 2.05) is 0 Å². The Morgan fingerprint density at radius 2 is 1.93 bits per heavy atom. The van der Waals surface area contributed by atoms with Gasteiger partial charge in [-0.1, -0.05) is 0 Å². The molecule has 27 heavy (non-hydrogen) atoms. The lowest BCUT2D eigenvalue weighted by Gasteiger charge is -2.31. The van der Waals surface area contributed by atoms with Crippen molar-refractivity contribution in [1.29, 1.82) is 0 Å². The predicted octanol–water partition coefficient (Wildman–Crippen LogP) is 0.956. The summed E-state index contributed by atoms with van der Waals surface area (Å²) in [5.41, 5.74) is 2.11. The highest BCUT2D eigenvalue weighted by atomic mass is 32.2. The Hall–Kier alpha value is -2.00. The lowest BCUT2D eigenvalue weighted by atomic mass is 9.96. The molecule has 0 atom stereocenters. The minimum absolute atomic E-state index is 0.0407. The standard InChI is InChI=1S/C18H25N5O3S/c1-21-13-16(11-19-21)27(25,26)22-8-6-14(7-9-22)12-23-18(24)10-15-4-2-3-5-17(15)20-23/h10-11,13-14H,2-9,12H2,1H3. The molecular weight excluding hydrogens is 366 g/mol. The number of hydrogen-bond acceptors (Lipinski definition) is 5. The molecule has 1 fully saturated rings. The number of nitrogens with zero attached hydrogens (tertiary/aromatic N) is 5. The molecule has 2 aromatic heterocycles. The van der Waals surface area contributed by atoms with Gasteiger partial charge in [-0.15, -0.1) is 0 Å². The Balaban J connectivity index is 1.42. The number of piperidine rings is 1. The first-order chi connectivity index (χ1) is 12.9. The number of aryl methyl sites for hydroxylation is 3. The van der Waals surface area contributed by atoms with E-state index in [0.29, 0.717) is 19.6 Å². The summed E-state index contributed by atoms with van der Waals surface area (Å²) in [6, 6.07) is 1.74. The SMILES string of the molecule is Cn1cc(S(=O)(=O)N2CCC(Cn3nc4c(cc3=O)CCCC4)CC2)cn1. The van der Waals surface area contributed by atoms with Gasteiger partial charge in [0.1, 0.15) is 4.90 Å². The van der Waals surface area contributed by atoms with Gasteiger partial charge in [0.15, 0.2) is 0 Å². The van der Waals surface area contributed by atoms with Gasteiger partial charge in [-0.05, 0) is 50.0 Å². The van der Waals surface area contributed by atoms with Gasteiger partial charge >= 0.3 is 0 Å². The molecule has 0 saturated carbocycles. The average Bonchev–Trinajstić information content (AvgIpc) is 3.10. The fourth-order valence-electron chi connectivity index (χ4n) is 3.99. The molecule has 0 aromatic carbocycles. The van der Waals surface area contributed by atoms with Crippen LogP contribution in [0.15, 0.2) is 28.2 Å². The lowest BCUT2D eigenvalue weighted by Crippen LogP contribution is -2.40. The first kappa shape index (κ1) is 18.4. The van der Waals surface area contributed by atoms with Gasteiger partial charge in [-0.25, -0.2) is 13.1 Å². The second-order valence-electron chi connectivity index (χ2n) is 7.54. The fourth-order valence-corrected chi connectivity index (χ4v) is 5.45. The molecule has 9 heteroatoms. The van der Waals surface area contributed by atoms with Crippen LogP contribution < -0.4 is 5.56 Å². The van der Waals surface area contributed by atoms with Crippen LogP contribution in [-0.2, 0) is 36.5 Å². The number of hydrogen-bond donors (Lipinski definition) is 0. The molecule has 0 unspecified atom stereocenters. The maximum Gasteiger partial charge on any atom is 0.267 e. The van der Waals surface area contributed by atoms with E-state index in [0.717, 1.165) is 49.8 Å². The largest absolute Gasteiger partial charge is 0.274 e. The van der Waals surface area contributed by atoms with E-state index < -0.39 is 10.0 Å². The summed E-state index contributed by atoms with van der Waals surface area (Å²) in [6.07, 6.45) is 8.51. The van der Waals surface area contributed by atoms with Gasteiger partial charge in [0, 0.05) is 38.9 Å². The van der Waals surface area contributed by atoms with Crippen LogP contribution in [0.3, 0.4) is 0 Å². The van der Waals surface area contributed by atoms with Crippen molar-refractivity contribution in [3.05, 3.63) is 40.1 Å². The summed E-state index contributed by atoms with van der Waals surface area (Å²) in [5.74, 6) is 0.261. The predicted molar refractivity (Wildman–Crippen MR) is 99.8 cm³/mol. The third-order valence-electron chi connectivity index (χ3n) is 5.60. The highest BCUT2D eigenvalue weighted by Crippen LogP contribution is 2.24. The van der Waals surface area contributed by atoms with E-state index in [9.17, 15) is 13.2 Å². The molecular formula is C18H25N5O3S. The van der Waals surface area contributed by atoms with E-state index in [1.54, 1.807) is 17.8 Å². The molecule has 146 valence electrons. The molecule has 2 aromatic rings. The number of fused-ring (bicyclic) bond motifs is 1. The van der Waals surface area contributed by atoms with Gasteiger partial charge < -0.3 is 0 Å². The van der Waals surface area contributed by atoms with Gasteiger partial charge in [0.2, 0.25) is 10.0 Å². The summed E-state index contributed by atoms with van der Waals surface area (Å²) in [6.45, 7) is 1.48. The van der Waals surface area contributed by atoms with Crippen molar-refractivity contribution >= 4 is 10.0 Å². The summed E-state index contributed by atoms with van der Waals surface area (Å²) in [4.78, 5) is 12.6. The van der Waals surface area contributed by atoms with Crippen molar-refractivity contribution in [2.24, 2.45) is 13.0 Å². The van der Waals surface area contributed by atoms with Gasteiger partial charge in [-0.3, -0.25) is 9.48 Å². The topological polar surface area (TPSA) is 90.1 Å². The summed E-state index contributed by atoms with van der Waals surface area (Å²) in [7, 11) is -1.79. The summed E-state index contributed by atoms with van der Waals surface area (Å²) >= 11 is 0. The van der Waals surface area contributed by atoms with Gasteiger partial charge in [-0.2, -0.15) is 14.5 Å². The highest BCUT2D eigenvalue weighted by molar-refractivity contribution is 7.89. The summed E-state index contributed by atoms with van der Waals surface area (Å²) in [5, 5.41) is 8.54. The van der Waals surface area contributed by atoms with Crippen LogP contribution in [0.2, 0.25) is 0 Å². The van der Waals surface area contributed by atoms with E-state index >= 15 is 0 Å². The van der Waals surface area contributed by atoms with Gasteiger partial charge in [0.05, 0.1) is 11.9 Å². The van der Waals surface area contributed by atoms with E-state index in [2.05, 4.69) is 10.2 Å². The number of sulfonamides is 1. The van der Waals surface area contributed by atoms with Crippen LogP contribution in [-0.4, -0.2) is 45.4 Å². The zero-order valence-electron chi connectivity index (χ0n) is 15.5. The zero-order chi connectivity index (χ0) is 19.0. The average molecular weight is 391 g/mol. The second-order valence-corrected chi connectivity index (χ2v) is 9.48. The Morgan fingerprint density at radius 3 is 2.63 bits per heavy atom. The minimum atomic E-state index is -3.49. The van der Waals surface area contributed by atoms with Crippen LogP contribution in [0.5, 0.6) is 0 Å². The van der Waals surface area contributed by atoms with E-state index in [1.165, 1.54) is 21.4 Å². The molecule has 1 saturated heterocycles. The molecule has 2 aliphatic rings. The van der Waals surface area contributed by atoms with Crippen molar-refractivity contribution in [3.8, 4) is 0 Å². The van der Waals surface area contributed by atoms with E-state index in [4.69, 9.17) is 0 Å². The first-order valence-electron chi connectivity index (χ1n) is 9.52. The van der Waals surface area contributed by atoms with E-state index in [-0.39, 0.29) is 16.4 Å². The quantitative estimate of drug-likeness (QED) is 0.774. The zero-order valence-corrected chi connectivity index (χ0v) is 16.4. The molecule has 4 rings (SSSR count). The Labute approximate surface area is 158 Å². The lowest BCUT2D eigenvalue weighted by molar-refractivity contribution is 0.243. The second kappa shape index (κ2) is 7.20. The molecule has 1 aliphatic carbocycles.